The summed E-state index contributed by atoms with van der Waals surface area (Å²) in [6, 6.07) is 35.4. The summed E-state index contributed by atoms with van der Waals surface area (Å²) in [6.07, 6.45) is 0.0768. The number of rotatable bonds is 8. The van der Waals surface area contributed by atoms with E-state index < -0.39 is 0 Å². The standard InChI is InChI=1S/C22H21N5O2.C21H19N5O2/c1-14-20(17-4-2-3-15(11-17)12-23)26-27-21(14)22(28)25-18-7-5-16(6-8-18)19-13-24-9-10-29-19;22-12-14-2-1-3-16(10-14)18-11-19(26-25-18)21(27)24-17-6-4-15(5-7-17)20-13-23-8-9-28-20/h2-8,11,19,24H,9-10,13H2,1H3,(H,25,28)(H,26,27);1-7,10-11,20,23H,8-9,13H2,(H,24,27)(H,25,26)/t19-;20-/m11/s1. The predicted octanol–water partition coefficient (Wildman–Crippen LogP) is 6.03. The fourth-order valence-corrected chi connectivity index (χ4v) is 6.48. The van der Waals surface area contributed by atoms with Gasteiger partial charge in [-0.25, -0.2) is 0 Å². The van der Waals surface area contributed by atoms with Gasteiger partial charge in [-0.15, -0.1) is 0 Å². The largest absolute Gasteiger partial charge is 0.371 e. The Hall–Kier alpha value is -6.94. The highest BCUT2D eigenvalue weighted by molar-refractivity contribution is 6.05. The number of nitrogens with one attached hydrogen (secondary N) is 6. The molecule has 6 N–H and O–H groups in total. The number of aromatic amines is 2. The lowest BCUT2D eigenvalue weighted by atomic mass is 10.0. The van der Waals surface area contributed by atoms with E-state index in [1.54, 1.807) is 42.5 Å². The number of H-pyrrole nitrogens is 2. The van der Waals surface area contributed by atoms with Gasteiger partial charge < -0.3 is 30.7 Å². The van der Waals surface area contributed by atoms with Gasteiger partial charge >= 0.3 is 0 Å². The van der Waals surface area contributed by atoms with Crippen LogP contribution in [-0.4, -0.2) is 71.6 Å². The minimum absolute atomic E-state index is 0.0371. The first kappa shape index (κ1) is 38.3. The molecule has 2 aliphatic rings. The van der Waals surface area contributed by atoms with Crippen molar-refractivity contribution >= 4 is 23.2 Å². The van der Waals surface area contributed by atoms with E-state index >= 15 is 0 Å². The summed E-state index contributed by atoms with van der Waals surface area (Å²) in [5.41, 5.74) is 8.95. The summed E-state index contributed by atoms with van der Waals surface area (Å²) >= 11 is 0. The highest BCUT2D eigenvalue weighted by Gasteiger charge is 2.20. The third kappa shape index (κ3) is 9.48. The van der Waals surface area contributed by atoms with E-state index in [1.807, 2.05) is 67.6 Å². The molecule has 4 aromatic carbocycles. The molecule has 2 aliphatic heterocycles. The molecule has 8 rings (SSSR count). The van der Waals surface area contributed by atoms with Crippen LogP contribution in [-0.2, 0) is 9.47 Å². The zero-order valence-electron chi connectivity index (χ0n) is 31.1. The van der Waals surface area contributed by atoms with Gasteiger partial charge in [0.2, 0.25) is 0 Å². The van der Waals surface area contributed by atoms with Crippen LogP contribution >= 0.6 is 0 Å². The number of aromatic nitrogens is 4. The SMILES string of the molecule is Cc1c(-c2cccc(C#N)c2)n[nH]c1C(=O)Nc1ccc([C@H]2CNCCO2)cc1.N#Cc1cccc(-c2cc(C(=O)Nc3ccc([C@H]4CNCCO4)cc3)[nH]n2)c1. The molecule has 6 aromatic rings. The van der Waals surface area contributed by atoms with Gasteiger partial charge in [0.1, 0.15) is 11.4 Å². The van der Waals surface area contributed by atoms with Crippen LogP contribution in [0.1, 0.15) is 61.0 Å². The lowest BCUT2D eigenvalue weighted by Gasteiger charge is -2.24. The number of hydrogen-bond donors (Lipinski definition) is 6. The van der Waals surface area contributed by atoms with Crippen LogP contribution in [0.2, 0.25) is 0 Å². The van der Waals surface area contributed by atoms with Crippen molar-refractivity contribution in [2.75, 3.05) is 50.0 Å². The number of nitriles is 2. The summed E-state index contributed by atoms with van der Waals surface area (Å²) < 4.78 is 11.5. The van der Waals surface area contributed by atoms with E-state index in [0.29, 0.717) is 58.5 Å². The maximum absolute atomic E-state index is 12.7. The Morgan fingerprint density at radius 2 is 1.23 bits per heavy atom. The second kappa shape index (κ2) is 18.1. The molecule has 2 saturated heterocycles. The maximum atomic E-state index is 12.7. The van der Waals surface area contributed by atoms with E-state index in [2.05, 4.69) is 53.8 Å². The maximum Gasteiger partial charge on any atom is 0.273 e. The van der Waals surface area contributed by atoms with Crippen molar-refractivity contribution < 1.29 is 19.1 Å². The normalized spacial score (nSPS) is 16.3. The third-order valence-electron chi connectivity index (χ3n) is 9.55. The Morgan fingerprint density at radius 3 is 1.77 bits per heavy atom. The fraction of sp³-hybridized carbons (Fsp3) is 0.209. The zero-order valence-corrected chi connectivity index (χ0v) is 31.1. The number of benzene rings is 4. The minimum atomic E-state index is -0.279. The molecule has 0 spiro atoms. The lowest BCUT2D eigenvalue weighted by molar-refractivity contribution is 0.0276. The molecule has 286 valence electrons. The van der Waals surface area contributed by atoms with Crippen molar-refractivity contribution in [2.24, 2.45) is 0 Å². The number of carbonyl (C=O) groups is 2. The average Bonchev–Trinajstić information content (AvgIpc) is 3.93. The smallest absolute Gasteiger partial charge is 0.273 e. The summed E-state index contributed by atoms with van der Waals surface area (Å²) in [5.74, 6) is -0.542. The Kier molecular flexibility index (Phi) is 12.2. The van der Waals surface area contributed by atoms with E-state index in [9.17, 15) is 9.59 Å². The minimum Gasteiger partial charge on any atom is -0.371 e. The summed E-state index contributed by atoms with van der Waals surface area (Å²) in [4.78, 5) is 25.2. The number of morpholine rings is 2. The molecule has 0 unspecified atom stereocenters. The molecule has 2 amide bonds. The van der Waals surface area contributed by atoms with Crippen LogP contribution in [0.3, 0.4) is 0 Å². The van der Waals surface area contributed by atoms with Gasteiger partial charge in [-0.2, -0.15) is 20.7 Å². The first-order valence-electron chi connectivity index (χ1n) is 18.5. The van der Waals surface area contributed by atoms with Crippen LogP contribution in [0.25, 0.3) is 22.5 Å². The van der Waals surface area contributed by atoms with Gasteiger partial charge in [0, 0.05) is 54.2 Å². The van der Waals surface area contributed by atoms with Gasteiger partial charge in [0.05, 0.1) is 60.1 Å². The Morgan fingerprint density at radius 1 is 0.684 bits per heavy atom. The van der Waals surface area contributed by atoms with Crippen LogP contribution in [0, 0.1) is 29.6 Å². The molecule has 0 radical (unpaired) electrons. The Balaban J connectivity index is 0.000000174. The first-order valence-corrected chi connectivity index (χ1v) is 18.5. The van der Waals surface area contributed by atoms with Crippen LogP contribution in [0.15, 0.2) is 103 Å². The third-order valence-corrected chi connectivity index (χ3v) is 9.55. The molecule has 2 fully saturated rings. The fourth-order valence-electron chi connectivity index (χ4n) is 6.48. The number of anilines is 2. The van der Waals surface area contributed by atoms with E-state index in [1.165, 1.54) is 0 Å². The lowest BCUT2D eigenvalue weighted by Crippen LogP contribution is -2.33. The molecular weight excluding hydrogens is 721 g/mol. The molecule has 0 saturated carbocycles. The first-order chi connectivity index (χ1) is 27.9. The van der Waals surface area contributed by atoms with Crippen molar-refractivity contribution in [1.82, 2.24) is 31.0 Å². The zero-order chi connectivity index (χ0) is 39.6. The van der Waals surface area contributed by atoms with Crippen LogP contribution < -0.4 is 21.3 Å². The van der Waals surface area contributed by atoms with Gasteiger partial charge in [0.25, 0.3) is 11.8 Å². The van der Waals surface area contributed by atoms with Gasteiger partial charge in [-0.05, 0) is 72.6 Å². The predicted molar refractivity (Wildman–Crippen MR) is 214 cm³/mol. The molecule has 57 heavy (non-hydrogen) atoms. The van der Waals surface area contributed by atoms with Crippen molar-refractivity contribution in [3.63, 3.8) is 0 Å². The summed E-state index contributed by atoms with van der Waals surface area (Å²) in [5, 5.41) is 44.5. The number of ether oxygens (including phenoxy) is 2. The quantitative estimate of drug-likeness (QED) is 0.106. The Bertz CT molecular complexity index is 2410. The van der Waals surface area contributed by atoms with Crippen LogP contribution in [0.4, 0.5) is 11.4 Å². The summed E-state index contributed by atoms with van der Waals surface area (Å²) in [6.45, 7) is 6.55. The Labute approximate surface area is 329 Å². The van der Waals surface area contributed by atoms with Gasteiger partial charge in [-0.1, -0.05) is 48.5 Å². The monoisotopic (exact) mass is 760 g/mol. The highest BCUT2D eigenvalue weighted by Crippen LogP contribution is 2.26. The summed E-state index contributed by atoms with van der Waals surface area (Å²) in [7, 11) is 0. The van der Waals surface area contributed by atoms with E-state index in [0.717, 1.165) is 54.0 Å². The molecule has 14 nitrogen and oxygen atoms in total. The van der Waals surface area contributed by atoms with Crippen molar-refractivity contribution in [1.29, 1.82) is 10.5 Å². The average molecular weight is 761 g/mol. The molecule has 4 heterocycles. The highest BCUT2D eigenvalue weighted by atomic mass is 16.5. The molecule has 2 atom stereocenters. The van der Waals surface area contributed by atoms with E-state index in [4.69, 9.17) is 20.0 Å². The molecule has 0 bridgehead atoms. The molecule has 0 aliphatic carbocycles. The van der Waals surface area contributed by atoms with Crippen molar-refractivity contribution in [3.05, 3.63) is 142 Å². The molecular formula is C43H40N10O4. The van der Waals surface area contributed by atoms with Crippen molar-refractivity contribution in [3.8, 4) is 34.7 Å². The van der Waals surface area contributed by atoms with Gasteiger partial charge in [-0.3, -0.25) is 19.8 Å². The second-order valence-corrected chi connectivity index (χ2v) is 13.4. The van der Waals surface area contributed by atoms with Crippen LogP contribution in [0.5, 0.6) is 0 Å². The topological polar surface area (TPSA) is 206 Å². The van der Waals surface area contributed by atoms with Gasteiger partial charge in [0.15, 0.2) is 0 Å². The van der Waals surface area contributed by atoms with E-state index in [-0.39, 0.29) is 24.0 Å². The molecule has 2 aromatic heterocycles. The van der Waals surface area contributed by atoms with Crippen molar-refractivity contribution in [2.45, 2.75) is 19.1 Å². The number of hydrogen-bond acceptors (Lipinski definition) is 10. The number of carbonyl (C=O) groups excluding carboxylic acids is 2. The number of amides is 2. The second-order valence-electron chi connectivity index (χ2n) is 13.4. The number of nitrogens with zero attached hydrogens (tertiary/aromatic N) is 4. The molecule has 14 heteroatoms.